The highest BCUT2D eigenvalue weighted by atomic mass is 15.0. The third-order valence-corrected chi connectivity index (χ3v) is 21.5. The van der Waals surface area contributed by atoms with Crippen LogP contribution in [0.1, 0.15) is 0 Å². The fourth-order valence-electron chi connectivity index (χ4n) is 17.0. The molecule has 0 saturated heterocycles. The van der Waals surface area contributed by atoms with Gasteiger partial charge in [0.05, 0.1) is 77.6 Å². The van der Waals surface area contributed by atoms with Gasteiger partial charge in [-0.05, 0) is 181 Å². The molecule has 0 atom stereocenters. The van der Waals surface area contributed by atoms with Crippen LogP contribution in [-0.4, -0.2) is 37.4 Å². The summed E-state index contributed by atoms with van der Waals surface area (Å²) in [5, 5.41) is 14.7. The van der Waals surface area contributed by atoms with Gasteiger partial charge in [-0.3, -0.25) is 9.97 Å². The van der Waals surface area contributed by atoms with Gasteiger partial charge in [-0.1, -0.05) is 170 Å². The van der Waals surface area contributed by atoms with E-state index in [1.165, 1.54) is 109 Å². The molecule has 0 bridgehead atoms. The first-order chi connectivity index (χ1) is 50.6. The van der Waals surface area contributed by atoms with E-state index in [9.17, 15) is 0 Å². The van der Waals surface area contributed by atoms with Crippen LogP contribution in [-0.2, 0) is 0 Å². The van der Waals surface area contributed by atoms with E-state index >= 15 is 0 Å². The fourth-order valence-corrected chi connectivity index (χ4v) is 17.0. The van der Waals surface area contributed by atoms with E-state index in [-0.39, 0.29) is 0 Å². The summed E-state index contributed by atoms with van der Waals surface area (Å²) in [7, 11) is 0. The van der Waals surface area contributed by atoms with Crippen molar-refractivity contribution in [3.8, 4) is 67.8 Å². The summed E-state index contributed by atoms with van der Waals surface area (Å²) in [6.07, 6.45) is 3.85. The number of rotatable bonds is 9. The number of para-hydroxylation sites is 8. The van der Waals surface area contributed by atoms with Crippen molar-refractivity contribution in [2.24, 2.45) is 0 Å². The lowest BCUT2D eigenvalue weighted by Crippen LogP contribution is -1.96. The Morgan fingerprint density at radius 3 is 0.578 bits per heavy atom. The minimum atomic E-state index is 0.895. The van der Waals surface area contributed by atoms with Crippen molar-refractivity contribution in [1.82, 2.24) is 37.4 Å². The molecule has 14 aromatic carbocycles. The lowest BCUT2D eigenvalue weighted by molar-refractivity contribution is 1.16. The normalized spacial score (nSPS) is 12.1. The Bertz CT molecular complexity index is 6260. The molecule has 0 aliphatic carbocycles. The maximum absolute atomic E-state index is 4.99. The highest BCUT2D eigenvalue weighted by Gasteiger charge is 2.23. The molecule has 0 amide bonds. The molecule has 8 heteroatoms. The van der Waals surface area contributed by atoms with Gasteiger partial charge < -0.3 is 27.4 Å². The van der Waals surface area contributed by atoms with Crippen LogP contribution in [0.25, 0.3) is 199 Å². The minimum absolute atomic E-state index is 0.895. The molecule has 8 nitrogen and oxygen atoms in total. The Morgan fingerprint density at radius 2 is 0.343 bits per heavy atom. The summed E-state index contributed by atoms with van der Waals surface area (Å²) in [6, 6.07) is 124. The molecule has 0 saturated carbocycles. The van der Waals surface area contributed by atoms with E-state index in [1.54, 1.807) is 0 Å². The lowest BCUT2D eigenvalue weighted by Gasteiger charge is -2.12. The Hall–Kier alpha value is -13.8. The molecule has 0 aliphatic rings. The van der Waals surface area contributed by atoms with Crippen LogP contribution in [0.15, 0.2) is 352 Å². The topological polar surface area (TPSA) is 55.4 Å². The first kappa shape index (κ1) is 56.2. The first-order valence-corrected chi connectivity index (χ1v) is 34.9. The van der Waals surface area contributed by atoms with Gasteiger partial charge >= 0.3 is 0 Å². The van der Waals surface area contributed by atoms with Gasteiger partial charge in [0.2, 0.25) is 0 Å². The molecule has 0 spiro atoms. The quantitative estimate of drug-likeness (QED) is 0.145. The van der Waals surface area contributed by atoms with E-state index in [2.05, 4.69) is 367 Å². The second-order valence-electron chi connectivity index (χ2n) is 26.9. The molecule has 0 aliphatic heterocycles. The zero-order valence-electron chi connectivity index (χ0n) is 55.1. The largest absolute Gasteiger partial charge is 0.309 e. The third kappa shape index (κ3) is 8.32. The molecule has 0 unspecified atom stereocenters. The zero-order chi connectivity index (χ0) is 66.7. The fraction of sp³-hybridized carbons (Fsp3) is 0. The molecule has 102 heavy (non-hydrogen) atoms. The molecule has 22 aromatic rings. The van der Waals surface area contributed by atoms with Gasteiger partial charge in [-0.25, -0.2) is 0 Å². The lowest BCUT2D eigenvalue weighted by atomic mass is 10.0. The summed E-state index contributed by atoms with van der Waals surface area (Å²) in [5.41, 5.74) is 26.6. The molecule has 22 rings (SSSR count). The van der Waals surface area contributed by atoms with E-state index in [0.29, 0.717) is 0 Å². The maximum Gasteiger partial charge on any atom is 0.0708 e. The second-order valence-corrected chi connectivity index (χ2v) is 26.9. The molecular formula is C94H58N8. The zero-order valence-corrected chi connectivity index (χ0v) is 55.1. The van der Waals surface area contributed by atoms with Crippen molar-refractivity contribution in [2.45, 2.75) is 0 Å². The molecule has 474 valence electrons. The number of hydrogen-bond donors (Lipinski definition) is 0. The van der Waals surface area contributed by atoms with Crippen molar-refractivity contribution in [1.29, 1.82) is 0 Å². The van der Waals surface area contributed by atoms with Crippen LogP contribution >= 0.6 is 0 Å². The van der Waals surface area contributed by atoms with Crippen molar-refractivity contribution in [3.63, 3.8) is 0 Å². The van der Waals surface area contributed by atoms with Crippen LogP contribution in [0, 0.1) is 0 Å². The molecular weight excluding hydrogens is 1240 g/mol. The molecule has 0 radical (unpaired) electrons. The average Bonchev–Trinajstić information content (AvgIpc) is 1.57. The monoisotopic (exact) mass is 1300 g/mol. The second kappa shape index (κ2) is 21.8. The number of nitrogens with zero attached hydrogens (tertiary/aromatic N) is 8. The number of aromatic nitrogens is 8. The van der Waals surface area contributed by atoms with Crippen molar-refractivity contribution in [3.05, 3.63) is 352 Å². The summed E-state index contributed by atoms with van der Waals surface area (Å²) in [5.74, 6) is 0. The first-order valence-electron chi connectivity index (χ1n) is 34.9. The van der Waals surface area contributed by atoms with E-state index in [1.807, 2.05) is 12.4 Å². The molecule has 8 heterocycles. The van der Waals surface area contributed by atoms with E-state index in [0.717, 1.165) is 89.8 Å². The van der Waals surface area contributed by atoms with Gasteiger partial charge in [0.25, 0.3) is 0 Å². The Kier molecular flexibility index (Phi) is 12.0. The number of hydrogen-bond acceptors (Lipinski definition) is 2. The smallest absolute Gasteiger partial charge is 0.0708 e. The number of benzene rings is 14. The van der Waals surface area contributed by atoms with Gasteiger partial charge in [-0.15, -0.1) is 0 Å². The van der Waals surface area contributed by atoms with Crippen LogP contribution in [0.4, 0.5) is 0 Å². The molecule has 8 aromatic heterocycles. The van der Waals surface area contributed by atoms with Crippen LogP contribution < -0.4 is 0 Å². The Morgan fingerprint density at radius 1 is 0.147 bits per heavy atom. The summed E-state index contributed by atoms with van der Waals surface area (Å²) in [4.78, 5) is 9.98. The van der Waals surface area contributed by atoms with Crippen LogP contribution in [0.3, 0.4) is 0 Å². The SMILES string of the molecule is c1ccc2c(c1)c1ccccc1n2-c1ccc2c(c1)c1cc(-n3c4ccccc4c4ccccc43)ccc1n2-c1ccc(-c2cc(-c3ccnc(-c4ccc(-n5c6ccc(-n7c8ccccc8c8ccccc87)cc6c6cc(-n7c8ccccc8c8ccccc87)ccc65)cc4)c3)ccn2)cc1. The van der Waals surface area contributed by atoms with E-state index in [4.69, 9.17) is 9.97 Å². The minimum Gasteiger partial charge on any atom is -0.309 e. The van der Waals surface area contributed by atoms with Crippen molar-refractivity contribution < 1.29 is 0 Å². The number of pyridine rings is 2. The van der Waals surface area contributed by atoms with Crippen molar-refractivity contribution >= 4 is 131 Å². The number of fused-ring (bicyclic) bond motifs is 18. The van der Waals surface area contributed by atoms with Crippen LogP contribution in [0.5, 0.6) is 0 Å². The predicted molar refractivity (Wildman–Crippen MR) is 424 cm³/mol. The molecule has 0 N–H and O–H groups in total. The Labute approximate surface area is 584 Å². The van der Waals surface area contributed by atoms with Gasteiger partial charge in [0.1, 0.15) is 0 Å². The van der Waals surface area contributed by atoms with Gasteiger partial charge in [0.15, 0.2) is 0 Å². The van der Waals surface area contributed by atoms with Gasteiger partial charge in [0, 0.05) is 122 Å². The van der Waals surface area contributed by atoms with Gasteiger partial charge in [-0.2, -0.15) is 0 Å². The maximum atomic E-state index is 4.99. The summed E-state index contributed by atoms with van der Waals surface area (Å²) in [6.45, 7) is 0. The van der Waals surface area contributed by atoms with Crippen molar-refractivity contribution in [2.75, 3.05) is 0 Å². The predicted octanol–water partition coefficient (Wildman–Crippen LogP) is 24.1. The van der Waals surface area contributed by atoms with Crippen LogP contribution in [0.2, 0.25) is 0 Å². The average molecular weight is 1300 g/mol. The Balaban J connectivity index is 0.615. The third-order valence-electron chi connectivity index (χ3n) is 21.5. The highest BCUT2D eigenvalue weighted by Crippen LogP contribution is 2.44. The summed E-state index contributed by atoms with van der Waals surface area (Å²) >= 11 is 0. The highest BCUT2D eigenvalue weighted by molar-refractivity contribution is 6.17. The van der Waals surface area contributed by atoms with E-state index < -0.39 is 0 Å². The molecule has 0 fully saturated rings. The standard InChI is InChI=1S/C94H58N8/c1-9-25-83-69(17-1)70-18-2-10-26-84(70)99(83)65-41-45-91-77(55-65)78-56-66(100-85-27-11-3-19-71(85)72-20-4-12-28-86(72)100)42-46-92(78)97(91)63-37-33-59(34-38-63)81-53-61(49-51-95-81)62-50-52-96-82(54-62)60-35-39-64(40-36-60)98-93-47-43-67(101-87-29-13-5-21-73(87)74-22-6-14-30-88(74)101)57-79(93)80-58-68(44-48-94(80)98)102-89-31-15-7-23-75(89)76-24-8-16-32-90(76)102/h1-58H. The summed E-state index contributed by atoms with van der Waals surface area (Å²) < 4.78 is 14.5.